The van der Waals surface area contributed by atoms with Crippen molar-refractivity contribution in [3.63, 3.8) is 0 Å². The number of hydrogen-bond donors (Lipinski definition) is 4. The Morgan fingerprint density at radius 2 is 1.71 bits per heavy atom. The number of ether oxygens (including phenoxy) is 4. The molecule has 1 heterocycles. The van der Waals surface area contributed by atoms with Gasteiger partial charge in [-0.1, -0.05) is 11.2 Å². The first kappa shape index (κ1) is 28.4. The molecule has 1 aromatic heterocycles. The Morgan fingerprint density at radius 1 is 1.03 bits per heavy atom. The Bertz CT molecular complexity index is 1250. The SMILES string of the molecule is COc1ccc(-c2cnoc2-c2cc(OC)c(OC)c(OC)c2)cc1NC(=O)C(CCCN=C(N)N)NCl. The minimum absolute atomic E-state index is 0.00832. The molecule has 0 spiro atoms. The van der Waals surface area contributed by atoms with Gasteiger partial charge in [-0.25, -0.2) is 4.84 Å². The van der Waals surface area contributed by atoms with Crippen molar-refractivity contribution in [2.45, 2.75) is 18.9 Å². The summed E-state index contributed by atoms with van der Waals surface area (Å²) in [4.78, 5) is 19.4. The number of guanidine groups is 1. The second-order valence-corrected chi connectivity index (χ2v) is 8.22. The summed E-state index contributed by atoms with van der Waals surface area (Å²) >= 11 is 5.84. The van der Waals surface area contributed by atoms with Crippen LogP contribution in [0.3, 0.4) is 0 Å². The molecule has 0 aliphatic rings. The lowest BCUT2D eigenvalue weighted by Gasteiger charge is -2.17. The smallest absolute Gasteiger partial charge is 0.242 e. The van der Waals surface area contributed by atoms with Crippen molar-refractivity contribution in [3.05, 3.63) is 36.5 Å². The molecule has 0 saturated heterocycles. The van der Waals surface area contributed by atoms with Crippen molar-refractivity contribution < 1.29 is 28.3 Å². The fourth-order valence-electron chi connectivity index (χ4n) is 3.80. The maximum absolute atomic E-state index is 13.0. The van der Waals surface area contributed by atoms with E-state index in [9.17, 15) is 4.79 Å². The van der Waals surface area contributed by atoms with Gasteiger partial charge in [0.25, 0.3) is 0 Å². The lowest BCUT2D eigenvalue weighted by molar-refractivity contribution is -0.117. The summed E-state index contributed by atoms with van der Waals surface area (Å²) in [5, 5.41) is 6.87. The number of aromatic nitrogens is 1. The van der Waals surface area contributed by atoms with Gasteiger partial charge in [0.05, 0.1) is 40.3 Å². The maximum atomic E-state index is 13.0. The van der Waals surface area contributed by atoms with Crippen LogP contribution in [-0.2, 0) is 4.79 Å². The molecule has 1 atom stereocenters. The Kier molecular flexibility index (Phi) is 10.0. The first-order valence-corrected chi connectivity index (χ1v) is 11.9. The van der Waals surface area contributed by atoms with Gasteiger partial charge in [-0.3, -0.25) is 9.79 Å². The molecule has 0 fully saturated rings. The van der Waals surface area contributed by atoms with Gasteiger partial charge < -0.3 is 40.3 Å². The van der Waals surface area contributed by atoms with E-state index in [1.165, 1.54) is 28.4 Å². The van der Waals surface area contributed by atoms with Gasteiger partial charge >= 0.3 is 0 Å². The second-order valence-electron chi connectivity index (χ2n) is 8.00. The van der Waals surface area contributed by atoms with Gasteiger partial charge in [0.1, 0.15) is 11.8 Å². The molecule has 0 aliphatic carbocycles. The van der Waals surface area contributed by atoms with Gasteiger partial charge in [0.2, 0.25) is 11.7 Å². The first-order chi connectivity index (χ1) is 18.4. The molecule has 1 unspecified atom stereocenters. The molecular weight excluding hydrogens is 516 g/mol. The van der Waals surface area contributed by atoms with Crippen LogP contribution < -0.4 is 40.6 Å². The Balaban J connectivity index is 1.92. The average molecular weight is 547 g/mol. The van der Waals surface area contributed by atoms with Crippen molar-refractivity contribution >= 4 is 29.3 Å². The predicted octanol–water partition coefficient (Wildman–Crippen LogP) is 3.15. The van der Waals surface area contributed by atoms with E-state index in [2.05, 4.69) is 20.3 Å². The summed E-state index contributed by atoms with van der Waals surface area (Å²) in [5.41, 5.74) is 13.2. The molecule has 0 bridgehead atoms. The number of anilines is 1. The highest BCUT2D eigenvalue weighted by Gasteiger charge is 2.22. The average Bonchev–Trinajstić information content (AvgIpc) is 3.42. The Labute approximate surface area is 225 Å². The highest BCUT2D eigenvalue weighted by molar-refractivity contribution is 6.15. The van der Waals surface area contributed by atoms with Gasteiger partial charge in [-0.2, -0.15) is 0 Å². The zero-order valence-corrected chi connectivity index (χ0v) is 22.3. The summed E-state index contributed by atoms with van der Waals surface area (Å²) in [5.74, 6) is 1.95. The monoisotopic (exact) mass is 546 g/mol. The van der Waals surface area contributed by atoms with Crippen LogP contribution in [0.5, 0.6) is 23.0 Å². The number of nitrogens with one attached hydrogen (secondary N) is 2. The predicted molar refractivity (Wildman–Crippen MR) is 145 cm³/mol. The zero-order chi connectivity index (χ0) is 27.7. The van der Waals surface area contributed by atoms with Gasteiger partial charge in [0, 0.05) is 17.7 Å². The number of hydrogen-bond acceptors (Lipinski definition) is 9. The fraction of sp³-hybridized carbons (Fsp3) is 0.320. The third-order valence-corrected chi connectivity index (χ3v) is 5.92. The van der Waals surface area contributed by atoms with Crippen molar-refractivity contribution in [1.29, 1.82) is 0 Å². The van der Waals surface area contributed by atoms with E-state index in [0.29, 0.717) is 70.5 Å². The topological polar surface area (TPSA) is 168 Å². The molecule has 204 valence electrons. The fourth-order valence-corrected chi connectivity index (χ4v) is 4.01. The number of nitrogens with two attached hydrogens (primary N) is 2. The third kappa shape index (κ3) is 6.58. The second kappa shape index (κ2) is 13.4. The van der Waals surface area contributed by atoms with E-state index in [0.717, 1.165) is 0 Å². The lowest BCUT2D eigenvalue weighted by Crippen LogP contribution is -2.36. The maximum Gasteiger partial charge on any atom is 0.242 e. The largest absolute Gasteiger partial charge is 0.495 e. The normalized spacial score (nSPS) is 11.4. The summed E-state index contributed by atoms with van der Waals surface area (Å²) in [6.45, 7) is 0.376. The molecule has 6 N–H and O–H groups in total. The minimum Gasteiger partial charge on any atom is -0.495 e. The molecule has 0 radical (unpaired) electrons. The minimum atomic E-state index is -0.690. The van der Waals surface area contributed by atoms with E-state index in [1.54, 1.807) is 30.5 Å². The number of rotatable bonds is 13. The highest BCUT2D eigenvalue weighted by atomic mass is 35.5. The van der Waals surface area contributed by atoms with Crippen molar-refractivity contribution in [2.24, 2.45) is 16.5 Å². The third-order valence-electron chi connectivity index (χ3n) is 5.66. The quantitative estimate of drug-likeness (QED) is 0.108. The highest BCUT2D eigenvalue weighted by Crippen LogP contribution is 2.44. The Hall–Kier alpha value is -4.16. The molecule has 12 nitrogen and oxygen atoms in total. The van der Waals surface area contributed by atoms with Crippen LogP contribution in [0.4, 0.5) is 5.69 Å². The zero-order valence-electron chi connectivity index (χ0n) is 21.5. The summed E-state index contributed by atoms with van der Waals surface area (Å²) < 4.78 is 27.4. The molecule has 0 aliphatic heterocycles. The van der Waals surface area contributed by atoms with Crippen LogP contribution in [0.2, 0.25) is 0 Å². The van der Waals surface area contributed by atoms with Crippen molar-refractivity contribution in [3.8, 4) is 45.4 Å². The molecule has 3 aromatic rings. The summed E-state index contributed by atoms with van der Waals surface area (Å²) in [6.07, 6.45) is 2.54. The van der Waals surface area contributed by atoms with Gasteiger partial charge in [0.15, 0.2) is 23.2 Å². The van der Waals surface area contributed by atoms with Gasteiger partial charge in [-0.15, -0.1) is 0 Å². The van der Waals surface area contributed by atoms with Gasteiger partial charge in [-0.05, 0) is 54.4 Å². The van der Waals surface area contributed by atoms with Crippen LogP contribution in [-0.4, -0.2) is 58.0 Å². The summed E-state index contributed by atoms with van der Waals surface area (Å²) in [7, 11) is 6.11. The Morgan fingerprint density at radius 3 is 2.29 bits per heavy atom. The van der Waals surface area contributed by atoms with Crippen LogP contribution in [0.25, 0.3) is 22.5 Å². The number of carbonyl (C=O) groups is 1. The van der Waals surface area contributed by atoms with E-state index in [1.807, 2.05) is 6.07 Å². The number of amides is 1. The molecule has 2 aromatic carbocycles. The van der Waals surface area contributed by atoms with E-state index < -0.39 is 6.04 Å². The number of nitrogens with zero attached hydrogens (tertiary/aromatic N) is 2. The molecule has 13 heteroatoms. The first-order valence-electron chi connectivity index (χ1n) is 11.5. The number of carbonyl (C=O) groups excluding carboxylic acids is 1. The number of methoxy groups -OCH3 is 4. The standard InChI is InChI=1S/C25H31ClN6O6/c1-34-19-8-7-14(10-18(19)31-24(33)17(32-26)6-5-9-29-25(27)28)16-13-30-38-22(16)15-11-20(35-2)23(37-4)21(12-15)36-3/h7-8,10-13,17,32H,5-6,9H2,1-4H3,(H,31,33)(H4,27,28,29). The number of halogens is 1. The molecule has 38 heavy (non-hydrogen) atoms. The van der Waals surface area contributed by atoms with Crippen LogP contribution in [0.1, 0.15) is 12.8 Å². The summed E-state index contributed by atoms with van der Waals surface area (Å²) in [6, 6.07) is 8.15. The van der Waals surface area contributed by atoms with Crippen LogP contribution in [0, 0.1) is 0 Å². The van der Waals surface area contributed by atoms with E-state index in [4.69, 9.17) is 46.7 Å². The van der Waals surface area contributed by atoms with Crippen molar-refractivity contribution in [2.75, 3.05) is 40.3 Å². The van der Waals surface area contributed by atoms with E-state index in [-0.39, 0.29) is 11.9 Å². The van der Waals surface area contributed by atoms with Crippen LogP contribution in [0.15, 0.2) is 46.0 Å². The van der Waals surface area contributed by atoms with Crippen molar-refractivity contribution in [1.82, 2.24) is 9.99 Å². The molecular formula is C25H31ClN6O6. The van der Waals surface area contributed by atoms with Crippen LogP contribution >= 0.6 is 11.8 Å². The molecule has 0 saturated carbocycles. The molecule has 3 rings (SSSR count). The van der Waals surface area contributed by atoms with E-state index >= 15 is 0 Å². The lowest BCUT2D eigenvalue weighted by atomic mass is 10.0. The number of aliphatic imine (C=N–C) groups is 1. The number of benzene rings is 2. The molecule has 1 amide bonds.